The highest BCUT2D eigenvalue weighted by molar-refractivity contribution is 6.05. The summed E-state index contributed by atoms with van der Waals surface area (Å²) in [6.07, 6.45) is 1.29. The molecule has 11 nitrogen and oxygen atoms in total. The minimum absolute atomic E-state index is 0.0301. The number of phenols is 2. The summed E-state index contributed by atoms with van der Waals surface area (Å²) in [4.78, 5) is 51.7. The van der Waals surface area contributed by atoms with Gasteiger partial charge in [-0.2, -0.15) is 0 Å². The van der Waals surface area contributed by atoms with Crippen molar-refractivity contribution < 1.29 is 34.1 Å². The van der Waals surface area contributed by atoms with Gasteiger partial charge in [0.05, 0.1) is 11.8 Å². The largest absolute Gasteiger partial charge is 0.507 e. The van der Waals surface area contributed by atoms with Gasteiger partial charge in [-0.25, -0.2) is 4.79 Å². The Kier molecular flexibility index (Phi) is 13.4. The zero-order chi connectivity index (χ0) is 33.0. The van der Waals surface area contributed by atoms with Gasteiger partial charge in [-0.15, -0.1) is 0 Å². The molecule has 3 aromatic rings. The molecule has 1 unspecified atom stereocenters. The van der Waals surface area contributed by atoms with Crippen molar-refractivity contribution in [2.45, 2.75) is 45.9 Å². The van der Waals surface area contributed by atoms with Gasteiger partial charge in [0.2, 0.25) is 0 Å². The van der Waals surface area contributed by atoms with Crippen LogP contribution in [-0.4, -0.2) is 80.1 Å². The highest BCUT2D eigenvalue weighted by atomic mass is 16.5. The molecule has 0 radical (unpaired) electrons. The van der Waals surface area contributed by atoms with Gasteiger partial charge in [0.15, 0.2) is 6.29 Å². The molecule has 1 atom stereocenters. The summed E-state index contributed by atoms with van der Waals surface area (Å²) < 4.78 is 4.36. The Balaban J connectivity index is 0.00000102. The fourth-order valence-electron chi connectivity index (χ4n) is 4.33. The van der Waals surface area contributed by atoms with E-state index in [-0.39, 0.29) is 35.2 Å². The van der Waals surface area contributed by atoms with E-state index in [2.05, 4.69) is 10.1 Å². The first kappa shape index (κ1) is 35.3. The van der Waals surface area contributed by atoms with Crippen LogP contribution in [-0.2, 0) is 22.5 Å². The number of hydrogen-bond donors (Lipinski definition) is 3. The summed E-state index contributed by atoms with van der Waals surface area (Å²) in [5, 5.41) is 22.6. The van der Waals surface area contributed by atoms with Crippen molar-refractivity contribution in [3.05, 3.63) is 82.9 Å². The second-order valence-corrected chi connectivity index (χ2v) is 10.8. The van der Waals surface area contributed by atoms with Crippen LogP contribution in [0.1, 0.15) is 52.6 Å². The van der Waals surface area contributed by atoms with Gasteiger partial charge >= 0.3 is 6.03 Å². The summed E-state index contributed by atoms with van der Waals surface area (Å²) in [5.41, 5.74) is 3.38. The normalized spacial score (nSPS) is 11.2. The molecule has 3 aromatic carbocycles. The number of carbonyl (C=O) groups is 4. The van der Waals surface area contributed by atoms with Crippen molar-refractivity contribution >= 4 is 36.1 Å². The maximum Gasteiger partial charge on any atom is 0.328 e. The monoisotopic (exact) mass is 606 g/mol. The molecule has 0 fully saturated rings. The average Bonchev–Trinajstić information content (AvgIpc) is 2.96. The SMILES string of the molecule is CC(C)OC=O.CC(Cc1ccc(N(C)C(=O)N(C)c2ccc(CN(C)C)cc2C=O)cc1)NC(=O)c1c(O)cccc1O. The molecule has 0 spiro atoms. The molecule has 236 valence electrons. The number of anilines is 2. The second-order valence-electron chi connectivity index (χ2n) is 10.8. The molecule has 0 bridgehead atoms. The molecule has 0 aliphatic rings. The van der Waals surface area contributed by atoms with Crippen LogP contribution in [0.5, 0.6) is 11.5 Å². The van der Waals surface area contributed by atoms with Crippen LogP contribution in [0.2, 0.25) is 0 Å². The lowest BCUT2D eigenvalue weighted by Crippen LogP contribution is -2.39. The average molecular weight is 607 g/mol. The van der Waals surface area contributed by atoms with Crippen molar-refractivity contribution in [1.29, 1.82) is 0 Å². The molecule has 0 heterocycles. The number of urea groups is 1. The van der Waals surface area contributed by atoms with Crippen molar-refractivity contribution in [1.82, 2.24) is 10.2 Å². The Hall–Kier alpha value is -4.90. The molecule has 0 aliphatic heterocycles. The van der Waals surface area contributed by atoms with E-state index in [0.29, 0.717) is 36.4 Å². The summed E-state index contributed by atoms with van der Waals surface area (Å²) in [6.45, 7) is 6.56. The third-order valence-electron chi connectivity index (χ3n) is 6.47. The Bertz CT molecular complexity index is 1400. The van der Waals surface area contributed by atoms with Crippen molar-refractivity contribution in [2.75, 3.05) is 38.0 Å². The predicted molar refractivity (Wildman–Crippen MR) is 171 cm³/mol. The Morgan fingerprint density at radius 2 is 1.45 bits per heavy atom. The van der Waals surface area contributed by atoms with Crippen LogP contribution in [0.3, 0.4) is 0 Å². The third-order valence-corrected chi connectivity index (χ3v) is 6.47. The Morgan fingerprint density at radius 3 is 1.95 bits per heavy atom. The minimum Gasteiger partial charge on any atom is -0.507 e. The van der Waals surface area contributed by atoms with E-state index in [9.17, 15) is 29.4 Å². The number of hydrogen-bond acceptors (Lipinski definition) is 8. The van der Waals surface area contributed by atoms with Gasteiger partial charge in [0.25, 0.3) is 12.4 Å². The molecule has 0 saturated carbocycles. The maximum absolute atomic E-state index is 13.2. The topological polar surface area (TPSA) is 140 Å². The lowest BCUT2D eigenvalue weighted by Gasteiger charge is -2.26. The summed E-state index contributed by atoms with van der Waals surface area (Å²) in [5.74, 6) is -1.15. The standard InChI is InChI=1S/C29H34N4O5.C4H8O2/c1-19(30-28(37)27-25(35)7-6-8-26(27)36)15-20-9-12-23(13-10-20)32(4)29(38)33(5)24-14-11-21(17-31(2)3)16-22(24)18-34;1-4(2)6-3-5/h6-14,16,18-19,35-36H,15,17H2,1-5H3,(H,30,37);3-4H,1-2H3. The van der Waals surface area contributed by atoms with E-state index in [1.165, 1.54) is 28.0 Å². The zero-order valence-electron chi connectivity index (χ0n) is 26.3. The first-order chi connectivity index (χ1) is 20.8. The molecule has 0 aromatic heterocycles. The van der Waals surface area contributed by atoms with Gasteiger partial charge in [0, 0.05) is 37.9 Å². The Morgan fingerprint density at radius 1 is 0.864 bits per heavy atom. The van der Waals surface area contributed by atoms with E-state index >= 15 is 0 Å². The molecule has 3 rings (SSSR count). The molecular weight excluding hydrogens is 564 g/mol. The molecular formula is C33H42N4O7. The highest BCUT2D eigenvalue weighted by Gasteiger charge is 2.21. The van der Waals surface area contributed by atoms with Crippen molar-refractivity contribution in [3.8, 4) is 11.5 Å². The first-order valence-corrected chi connectivity index (χ1v) is 14.0. The lowest BCUT2D eigenvalue weighted by atomic mass is 10.1. The highest BCUT2D eigenvalue weighted by Crippen LogP contribution is 2.26. The fraction of sp³-hybridized carbons (Fsp3) is 0.333. The first-order valence-electron chi connectivity index (χ1n) is 14.0. The van der Waals surface area contributed by atoms with E-state index in [1.54, 1.807) is 40.1 Å². The van der Waals surface area contributed by atoms with Crippen molar-refractivity contribution in [3.63, 3.8) is 0 Å². The number of carbonyl (C=O) groups excluding carboxylic acids is 4. The van der Waals surface area contributed by atoms with Crippen LogP contribution in [0, 0.1) is 0 Å². The summed E-state index contributed by atoms with van der Waals surface area (Å²) in [7, 11) is 7.19. The number of ether oxygens (including phenoxy) is 1. The quantitative estimate of drug-likeness (QED) is 0.269. The molecule has 3 N–H and O–H groups in total. The van der Waals surface area contributed by atoms with Crippen LogP contribution in [0.15, 0.2) is 60.7 Å². The van der Waals surface area contributed by atoms with Gasteiger partial charge in [-0.05, 0) is 88.8 Å². The van der Waals surface area contributed by atoms with Crippen LogP contribution >= 0.6 is 0 Å². The summed E-state index contributed by atoms with van der Waals surface area (Å²) in [6, 6.07) is 16.4. The molecule has 44 heavy (non-hydrogen) atoms. The van der Waals surface area contributed by atoms with Crippen LogP contribution < -0.4 is 15.1 Å². The van der Waals surface area contributed by atoms with Gasteiger partial charge in [0.1, 0.15) is 17.1 Å². The molecule has 0 aliphatic carbocycles. The van der Waals surface area contributed by atoms with Crippen LogP contribution in [0.4, 0.5) is 16.2 Å². The van der Waals surface area contributed by atoms with Crippen LogP contribution in [0.25, 0.3) is 0 Å². The van der Waals surface area contributed by atoms with Gasteiger partial charge in [-0.1, -0.05) is 24.3 Å². The number of aldehydes is 1. The maximum atomic E-state index is 13.2. The van der Waals surface area contributed by atoms with E-state index in [1.807, 2.05) is 56.3 Å². The van der Waals surface area contributed by atoms with Gasteiger partial charge < -0.3 is 25.2 Å². The molecule has 11 heteroatoms. The number of benzene rings is 3. The van der Waals surface area contributed by atoms with Crippen molar-refractivity contribution in [2.24, 2.45) is 0 Å². The minimum atomic E-state index is -0.567. The fourth-order valence-corrected chi connectivity index (χ4v) is 4.33. The Labute approximate surface area is 258 Å². The lowest BCUT2D eigenvalue weighted by molar-refractivity contribution is -0.131. The smallest absolute Gasteiger partial charge is 0.328 e. The third kappa shape index (κ3) is 10.1. The number of rotatable bonds is 11. The number of phenolic OH excluding ortho intramolecular Hbond substituents is 2. The van der Waals surface area contributed by atoms with E-state index in [4.69, 9.17) is 0 Å². The number of aromatic hydroxyl groups is 2. The number of nitrogens with zero attached hydrogens (tertiary/aromatic N) is 3. The summed E-state index contributed by atoms with van der Waals surface area (Å²) >= 11 is 0. The second kappa shape index (κ2) is 16.7. The predicted octanol–water partition coefficient (Wildman–Crippen LogP) is 4.59. The van der Waals surface area contributed by atoms with Gasteiger partial charge in [-0.3, -0.25) is 24.2 Å². The van der Waals surface area contributed by atoms with E-state index < -0.39 is 5.91 Å². The van der Waals surface area contributed by atoms with E-state index in [0.717, 1.165) is 17.4 Å². The zero-order valence-corrected chi connectivity index (χ0v) is 26.3. The number of amides is 3. The molecule has 3 amide bonds. The molecule has 0 saturated heterocycles. The number of nitrogens with one attached hydrogen (secondary N) is 1.